The van der Waals surface area contributed by atoms with E-state index in [4.69, 9.17) is 5.11 Å². The van der Waals surface area contributed by atoms with Crippen molar-refractivity contribution in [2.45, 2.75) is 13.1 Å². The SMILES string of the molecule is O=C(NCc1ccc(C(=O)O)nc1)NCc1ccccn1. The van der Waals surface area contributed by atoms with Gasteiger partial charge in [-0.15, -0.1) is 0 Å². The lowest BCUT2D eigenvalue weighted by Crippen LogP contribution is -2.34. The smallest absolute Gasteiger partial charge is 0.354 e. The minimum Gasteiger partial charge on any atom is -0.477 e. The molecule has 0 atom stereocenters. The van der Waals surface area contributed by atoms with Gasteiger partial charge in [-0.05, 0) is 23.8 Å². The van der Waals surface area contributed by atoms with Crippen LogP contribution in [-0.4, -0.2) is 27.1 Å². The molecule has 0 aliphatic carbocycles. The number of amides is 2. The average molecular weight is 286 g/mol. The van der Waals surface area contributed by atoms with Crippen molar-refractivity contribution in [3.05, 3.63) is 59.7 Å². The maximum absolute atomic E-state index is 11.6. The number of hydrogen-bond donors (Lipinski definition) is 3. The zero-order valence-electron chi connectivity index (χ0n) is 11.1. The lowest BCUT2D eigenvalue weighted by Gasteiger charge is -2.07. The second kappa shape index (κ2) is 6.99. The predicted octanol–water partition coefficient (Wildman–Crippen LogP) is 1.17. The fraction of sp³-hybridized carbons (Fsp3) is 0.143. The summed E-state index contributed by atoms with van der Waals surface area (Å²) < 4.78 is 0. The van der Waals surface area contributed by atoms with Crippen LogP contribution in [0.5, 0.6) is 0 Å². The van der Waals surface area contributed by atoms with Gasteiger partial charge in [0.15, 0.2) is 0 Å². The number of aromatic carboxylic acids is 1. The Kier molecular flexibility index (Phi) is 4.81. The molecule has 0 aromatic carbocycles. The van der Waals surface area contributed by atoms with E-state index in [9.17, 15) is 9.59 Å². The maximum Gasteiger partial charge on any atom is 0.354 e. The summed E-state index contributed by atoms with van der Waals surface area (Å²) >= 11 is 0. The highest BCUT2D eigenvalue weighted by Gasteiger charge is 2.05. The summed E-state index contributed by atoms with van der Waals surface area (Å²) in [4.78, 5) is 30.1. The third-order valence-electron chi connectivity index (χ3n) is 2.65. The molecule has 2 aromatic heterocycles. The van der Waals surface area contributed by atoms with E-state index < -0.39 is 5.97 Å². The van der Waals surface area contributed by atoms with Crippen LogP contribution in [0.1, 0.15) is 21.7 Å². The van der Waals surface area contributed by atoms with Crippen molar-refractivity contribution in [2.24, 2.45) is 0 Å². The zero-order valence-corrected chi connectivity index (χ0v) is 11.1. The molecule has 0 aliphatic heterocycles. The van der Waals surface area contributed by atoms with E-state index in [1.807, 2.05) is 12.1 Å². The van der Waals surface area contributed by atoms with Crippen molar-refractivity contribution < 1.29 is 14.7 Å². The standard InChI is InChI=1S/C14H14N4O3/c19-13(20)12-5-4-10(7-16-12)8-17-14(21)18-9-11-3-1-2-6-15-11/h1-7H,8-9H2,(H,19,20)(H2,17,18,21). The summed E-state index contributed by atoms with van der Waals surface area (Å²) in [5, 5.41) is 14.0. The highest BCUT2D eigenvalue weighted by Crippen LogP contribution is 2.00. The van der Waals surface area contributed by atoms with Crippen molar-refractivity contribution in [1.29, 1.82) is 0 Å². The van der Waals surface area contributed by atoms with Gasteiger partial charge < -0.3 is 15.7 Å². The number of nitrogens with zero attached hydrogens (tertiary/aromatic N) is 2. The van der Waals surface area contributed by atoms with Crippen LogP contribution in [0.3, 0.4) is 0 Å². The third kappa shape index (κ3) is 4.57. The van der Waals surface area contributed by atoms with Gasteiger partial charge in [-0.1, -0.05) is 12.1 Å². The van der Waals surface area contributed by atoms with Gasteiger partial charge in [0, 0.05) is 18.9 Å². The molecule has 7 nitrogen and oxygen atoms in total. The van der Waals surface area contributed by atoms with Gasteiger partial charge in [0.1, 0.15) is 5.69 Å². The molecule has 2 heterocycles. The molecular formula is C14H14N4O3. The molecule has 0 bridgehead atoms. The minimum atomic E-state index is -1.08. The normalized spacial score (nSPS) is 9.90. The van der Waals surface area contributed by atoms with Gasteiger partial charge in [-0.2, -0.15) is 0 Å². The fourth-order valence-corrected chi connectivity index (χ4v) is 1.57. The van der Waals surface area contributed by atoms with Gasteiger partial charge in [-0.25, -0.2) is 14.6 Å². The van der Waals surface area contributed by atoms with Crippen LogP contribution in [0.15, 0.2) is 42.7 Å². The highest BCUT2D eigenvalue weighted by molar-refractivity contribution is 5.85. The molecule has 108 valence electrons. The summed E-state index contributed by atoms with van der Waals surface area (Å²) in [6, 6.07) is 8.13. The van der Waals surface area contributed by atoms with Crippen LogP contribution < -0.4 is 10.6 Å². The number of pyridine rings is 2. The summed E-state index contributed by atoms with van der Waals surface area (Å²) in [6.45, 7) is 0.601. The Morgan fingerprint density at radius 2 is 1.86 bits per heavy atom. The van der Waals surface area contributed by atoms with Crippen molar-refractivity contribution in [3.63, 3.8) is 0 Å². The summed E-state index contributed by atoms with van der Waals surface area (Å²) in [5.74, 6) is -1.08. The average Bonchev–Trinajstić information content (AvgIpc) is 2.52. The van der Waals surface area contributed by atoms with Crippen LogP contribution in [0.25, 0.3) is 0 Å². The van der Waals surface area contributed by atoms with E-state index in [0.717, 1.165) is 5.69 Å². The van der Waals surface area contributed by atoms with Gasteiger partial charge >= 0.3 is 12.0 Å². The van der Waals surface area contributed by atoms with Crippen LogP contribution in [-0.2, 0) is 13.1 Å². The Bertz CT molecular complexity index is 614. The number of rotatable bonds is 5. The molecule has 0 aliphatic rings. The number of carboxylic acids is 1. The number of carbonyl (C=O) groups is 2. The predicted molar refractivity (Wildman–Crippen MR) is 74.5 cm³/mol. The molecule has 0 unspecified atom stereocenters. The number of carboxylic acid groups (broad SMARTS) is 1. The summed E-state index contributed by atoms with van der Waals surface area (Å²) in [5.41, 5.74) is 1.45. The molecule has 0 saturated heterocycles. The zero-order chi connectivity index (χ0) is 15.1. The number of urea groups is 1. The number of carbonyl (C=O) groups excluding carboxylic acids is 1. The van der Waals surface area contributed by atoms with Crippen molar-refractivity contribution in [2.75, 3.05) is 0 Å². The largest absolute Gasteiger partial charge is 0.477 e. The Balaban J connectivity index is 1.77. The van der Waals surface area contributed by atoms with E-state index in [2.05, 4.69) is 20.6 Å². The molecule has 7 heteroatoms. The van der Waals surface area contributed by atoms with Crippen LogP contribution in [0, 0.1) is 0 Å². The van der Waals surface area contributed by atoms with Gasteiger partial charge in [0.05, 0.1) is 12.2 Å². The lowest BCUT2D eigenvalue weighted by atomic mass is 10.2. The van der Waals surface area contributed by atoms with E-state index in [1.54, 1.807) is 18.3 Å². The molecule has 21 heavy (non-hydrogen) atoms. The molecule has 0 spiro atoms. The van der Waals surface area contributed by atoms with Gasteiger partial charge in [0.2, 0.25) is 0 Å². The first kappa shape index (κ1) is 14.4. The number of nitrogens with one attached hydrogen (secondary N) is 2. The molecule has 0 radical (unpaired) electrons. The Labute approximate surface area is 121 Å². The van der Waals surface area contributed by atoms with Gasteiger partial charge in [-0.3, -0.25) is 4.98 Å². The first-order valence-electron chi connectivity index (χ1n) is 6.25. The summed E-state index contributed by atoms with van der Waals surface area (Å²) in [7, 11) is 0. The fourth-order valence-electron chi connectivity index (χ4n) is 1.57. The van der Waals surface area contributed by atoms with E-state index in [-0.39, 0.29) is 18.3 Å². The first-order chi connectivity index (χ1) is 10.1. The van der Waals surface area contributed by atoms with Crippen LogP contribution >= 0.6 is 0 Å². The Morgan fingerprint density at radius 1 is 1.05 bits per heavy atom. The number of aromatic nitrogens is 2. The van der Waals surface area contributed by atoms with Crippen molar-refractivity contribution in [3.8, 4) is 0 Å². The third-order valence-corrected chi connectivity index (χ3v) is 2.65. The second-order valence-corrected chi connectivity index (χ2v) is 4.21. The maximum atomic E-state index is 11.6. The van der Waals surface area contributed by atoms with Crippen LogP contribution in [0.2, 0.25) is 0 Å². The highest BCUT2D eigenvalue weighted by atomic mass is 16.4. The molecule has 0 fully saturated rings. The van der Waals surface area contributed by atoms with E-state index in [0.29, 0.717) is 12.1 Å². The molecular weight excluding hydrogens is 272 g/mol. The first-order valence-corrected chi connectivity index (χ1v) is 6.25. The van der Waals surface area contributed by atoms with E-state index in [1.165, 1.54) is 12.3 Å². The van der Waals surface area contributed by atoms with Gasteiger partial charge in [0.25, 0.3) is 0 Å². The van der Waals surface area contributed by atoms with Crippen molar-refractivity contribution in [1.82, 2.24) is 20.6 Å². The van der Waals surface area contributed by atoms with Crippen LogP contribution in [0.4, 0.5) is 4.79 Å². The molecule has 2 rings (SSSR count). The Morgan fingerprint density at radius 3 is 2.48 bits per heavy atom. The summed E-state index contributed by atoms with van der Waals surface area (Å²) in [6.07, 6.45) is 3.08. The minimum absolute atomic E-state index is 0.0293. The van der Waals surface area contributed by atoms with Crippen molar-refractivity contribution >= 4 is 12.0 Å². The number of hydrogen-bond acceptors (Lipinski definition) is 4. The Hall–Kier alpha value is -2.96. The quantitative estimate of drug-likeness (QED) is 0.765. The molecule has 0 saturated carbocycles. The molecule has 2 aromatic rings. The lowest BCUT2D eigenvalue weighted by molar-refractivity contribution is 0.0690. The topological polar surface area (TPSA) is 104 Å². The molecule has 3 N–H and O–H groups in total. The van der Waals surface area contributed by atoms with E-state index >= 15 is 0 Å². The second-order valence-electron chi connectivity index (χ2n) is 4.21. The monoisotopic (exact) mass is 286 g/mol. The molecule has 2 amide bonds.